The summed E-state index contributed by atoms with van der Waals surface area (Å²) in [6, 6.07) is 11.3. The molecule has 0 aliphatic carbocycles. The zero-order valence-corrected chi connectivity index (χ0v) is 19.8. The number of rotatable bonds is 8. The molecule has 10 heteroatoms. The van der Waals surface area contributed by atoms with Gasteiger partial charge >= 0.3 is 0 Å². The fraction of sp³-hybridized carbons (Fsp3) is 0.348. The van der Waals surface area contributed by atoms with E-state index in [9.17, 15) is 9.18 Å². The quantitative estimate of drug-likeness (QED) is 0.459. The van der Waals surface area contributed by atoms with Gasteiger partial charge in [-0.3, -0.25) is 14.3 Å². The van der Waals surface area contributed by atoms with Gasteiger partial charge in [-0.2, -0.15) is 0 Å². The maximum atomic E-state index is 13.5. The van der Waals surface area contributed by atoms with E-state index in [0.717, 1.165) is 24.6 Å². The lowest BCUT2D eigenvalue weighted by Crippen LogP contribution is -2.30. The van der Waals surface area contributed by atoms with Gasteiger partial charge in [0.2, 0.25) is 5.91 Å². The normalized spacial score (nSPS) is 14.3. The van der Waals surface area contributed by atoms with Crippen molar-refractivity contribution in [1.82, 2.24) is 19.7 Å². The molecule has 0 unspecified atom stereocenters. The Bertz CT molecular complexity index is 1100. The molecule has 1 saturated heterocycles. The maximum absolute atomic E-state index is 13.5. The molecule has 3 aromatic rings. The van der Waals surface area contributed by atoms with Crippen molar-refractivity contribution in [3.05, 3.63) is 59.1 Å². The van der Waals surface area contributed by atoms with Gasteiger partial charge in [-0.1, -0.05) is 29.8 Å². The molecule has 7 nitrogen and oxygen atoms in total. The fourth-order valence-corrected chi connectivity index (χ4v) is 4.76. The fourth-order valence-electron chi connectivity index (χ4n) is 3.73. The summed E-state index contributed by atoms with van der Waals surface area (Å²) < 4.78 is 20.5. The highest BCUT2D eigenvalue weighted by molar-refractivity contribution is 7.99. The van der Waals surface area contributed by atoms with Crippen LogP contribution in [0.3, 0.4) is 0 Å². The second-order valence-electron chi connectivity index (χ2n) is 7.73. The third-order valence-corrected chi connectivity index (χ3v) is 6.59. The predicted octanol–water partition coefficient (Wildman–Crippen LogP) is 4.79. The van der Waals surface area contributed by atoms with E-state index in [-0.39, 0.29) is 17.5 Å². The topological polar surface area (TPSA) is 72.3 Å². The van der Waals surface area contributed by atoms with Crippen LogP contribution in [0.1, 0.15) is 25.1 Å². The molecule has 174 valence electrons. The number of ether oxygens (including phenoxy) is 1. The first-order chi connectivity index (χ1) is 16.0. The van der Waals surface area contributed by atoms with Crippen molar-refractivity contribution < 1.29 is 13.9 Å². The Morgan fingerprint density at radius 2 is 1.91 bits per heavy atom. The molecule has 1 N–H and O–H groups in total. The van der Waals surface area contributed by atoms with Crippen LogP contribution >= 0.6 is 23.4 Å². The molecule has 1 fully saturated rings. The van der Waals surface area contributed by atoms with Crippen LogP contribution in [0.4, 0.5) is 10.1 Å². The SMILES string of the molecule is COc1ccc(NC(=O)CSc2nnc(CN3CCCCC3)n2-c2ccc(F)cc2)cc1Cl. The summed E-state index contributed by atoms with van der Waals surface area (Å²) in [6.45, 7) is 2.69. The standard InChI is InChI=1S/C23H25ClFN5O2S/c1-32-20-10-7-17(13-19(20)24)26-22(31)15-33-23-28-27-21(14-29-11-3-2-4-12-29)30(23)18-8-5-16(25)6-9-18/h5-10,13H,2-4,11-12,14-15H2,1H3,(H,26,31). The van der Waals surface area contributed by atoms with Crippen molar-refractivity contribution in [3.63, 3.8) is 0 Å². The second kappa shape index (κ2) is 11.0. The molecule has 0 spiro atoms. The summed E-state index contributed by atoms with van der Waals surface area (Å²) in [5, 5.41) is 12.6. The molecule has 1 amide bonds. The van der Waals surface area contributed by atoms with Crippen molar-refractivity contribution in [2.45, 2.75) is 31.0 Å². The number of benzene rings is 2. The Morgan fingerprint density at radius 1 is 1.15 bits per heavy atom. The van der Waals surface area contributed by atoms with Gasteiger partial charge < -0.3 is 10.1 Å². The lowest BCUT2D eigenvalue weighted by Gasteiger charge is -2.26. The number of amides is 1. The minimum Gasteiger partial charge on any atom is -0.495 e. The smallest absolute Gasteiger partial charge is 0.234 e. The molecule has 0 radical (unpaired) electrons. The Labute approximate surface area is 201 Å². The highest BCUT2D eigenvalue weighted by Crippen LogP contribution is 2.28. The van der Waals surface area contributed by atoms with Gasteiger partial charge in [0.25, 0.3) is 0 Å². The number of carbonyl (C=O) groups is 1. The minimum atomic E-state index is -0.309. The first-order valence-electron chi connectivity index (χ1n) is 10.7. The lowest BCUT2D eigenvalue weighted by molar-refractivity contribution is -0.113. The average Bonchev–Trinajstić information content (AvgIpc) is 3.21. The van der Waals surface area contributed by atoms with E-state index in [0.29, 0.717) is 28.2 Å². The van der Waals surface area contributed by atoms with Crippen LogP contribution in [0.5, 0.6) is 5.75 Å². The Kier molecular flexibility index (Phi) is 7.85. The first kappa shape index (κ1) is 23.5. The molecule has 2 aromatic carbocycles. The second-order valence-corrected chi connectivity index (χ2v) is 9.08. The molecule has 0 atom stereocenters. The van der Waals surface area contributed by atoms with E-state index in [1.807, 2.05) is 4.57 Å². The Balaban J connectivity index is 1.48. The van der Waals surface area contributed by atoms with Crippen LogP contribution in [0.2, 0.25) is 5.02 Å². The number of nitrogens with one attached hydrogen (secondary N) is 1. The summed E-state index contributed by atoms with van der Waals surface area (Å²) in [7, 11) is 1.53. The van der Waals surface area contributed by atoms with Gasteiger partial charge in [0.1, 0.15) is 11.6 Å². The summed E-state index contributed by atoms with van der Waals surface area (Å²) in [4.78, 5) is 14.9. The van der Waals surface area contributed by atoms with E-state index in [4.69, 9.17) is 16.3 Å². The van der Waals surface area contributed by atoms with Gasteiger partial charge in [0.05, 0.1) is 24.4 Å². The number of anilines is 1. The number of methoxy groups -OCH3 is 1. The minimum absolute atomic E-state index is 0.132. The number of hydrogen-bond donors (Lipinski definition) is 1. The summed E-state index contributed by atoms with van der Waals surface area (Å²) in [6.07, 6.45) is 3.58. The van der Waals surface area contributed by atoms with E-state index in [1.165, 1.54) is 50.3 Å². The number of piperidine rings is 1. The van der Waals surface area contributed by atoms with Crippen LogP contribution in [-0.4, -0.2) is 51.5 Å². The third kappa shape index (κ3) is 6.04. The first-order valence-corrected chi connectivity index (χ1v) is 12.1. The summed E-state index contributed by atoms with van der Waals surface area (Å²) in [5.74, 6) is 0.932. The average molecular weight is 490 g/mol. The number of hydrogen-bond acceptors (Lipinski definition) is 6. The molecule has 33 heavy (non-hydrogen) atoms. The molecule has 4 rings (SSSR count). The zero-order chi connectivity index (χ0) is 23.2. The molecule has 0 saturated carbocycles. The number of nitrogens with zero attached hydrogens (tertiary/aromatic N) is 4. The van der Waals surface area contributed by atoms with E-state index in [1.54, 1.807) is 30.3 Å². The van der Waals surface area contributed by atoms with Gasteiger partial charge in [-0.15, -0.1) is 10.2 Å². The van der Waals surface area contributed by atoms with E-state index in [2.05, 4.69) is 20.4 Å². The Morgan fingerprint density at radius 3 is 2.61 bits per heavy atom. The predicted molar refractivity (Wildman–Crippen MR) is 128 cm³/mol. The monoisotopic (exact) mass is 489 g/mol. The van der Waals surface area contributed by atoms with Crippen LogP contribution in [0.15, 0.2) is 47.6 Å². The van der Waals surface area contributed by atoms with Crippen molar-refractivity contribution >= 4 is 35.0 Å². The van der Waals surface area contributed by atoms with Gasteiger partial charge in [0, 0.05) is 11.4 Å². The lowest BCUT2D eigenvalue weighted by atomic mass is 10.1. The number of thioether (sulfide) groups is 1. The van der Waals surface area contributed by atoms with Crippen LogP contribution in [0.25, 0.3) is 5.69 Å². The van der Waals surface area contributed by atoms with Crippen molar-refractivity contribution in [3.8, 4) is 11.4 Å². The highest BCUT2D eigenvalue weighted by atomic mass is 35.5. The molecule has 2 heterocycles. The number of carbonyl (C=O) groups excluding carboxylic acids is 1. The maximum Gasteiger partial charge on any atom is 0.234 e. The molecule has 0 bridgehead atoms. The number of aromatic nitrogens is 3. The van der Waals surface area contributed by atoms with Gasteiger partial charge in [-0.05, 0) is 68.4 Å². The number of likely N-dealkylation sites (tertiary alicyclic amines) is 1. The van der Waals surface area contributed by atoms with Crippen molar-refractivity contribution in [2.75, 3.05) is 31.3 Å². The molecular weight excluding hydrogens is 465 g/mol. The summed E-state index contributed by atoms with van der Waals surface area (Å²) in [5.41, 5.74) is 1.34. The largest absolute Gasteiger partial charge is 0.495 e. The molecule has 1 aromatic heterocycles. The third-order valence-electron chi connectivity index (χ3n) is 5.37. The van der Waals surface area contributed by atoms with Gasteiger partial charge in [-0.25, -0.2) is 4.39 Å². The van der Waals surface area contributed by atoms with Crippen LogP contribution in [-0.2, 0) is 11.3 Å². The van der Waals surface area contributed by atoms with Gasteiger partial charge in [0.15, 0.2) is 11.0 Å². The summed E-state index contributed by atoms with van der Waals surface area (Å²) >= 11 is 7.41. The van der Waals surface area contributed by atoms with Crippen LogP contribution < -0.4 is 10.1 Å². The molecular formula is C23H25ClFN5O2S. The highest BCUT2D eigenvalue weighted by Gasteiger charge is 2.19. The van der Waals surface area contributed by atoms with E-state index >= 15 is 0 Å². The van der Waals surface area contributed by atoms with Crippen LogP contribution in [0, 0.1) is 5.82 Å². The van der Waals surface area contributed by atoms with Crippen molar-refractivity contribution in [2.24, 2.45) is 0 Å². The molecule has 1 aliphatic heterocycles. The Hall–Kier alpha value is -2.62. The molecule has 1 aliphatic rings. The van der Waals surface area contributed by atoms with Crippen molar-refractivity contribution in [1.29, 1.82) is 0 Å². The number of halogens is 2. The zero-order valence-electron chi connectivity index (χ0n) is 18.3. The van der Waals surface area contributed by atoms with E-state index < -0.39 is 0 Å².